The van der Waals surface area contributed by atoms with Gasteiger partial charge in [-0.3, -0.25) is 4.79 Å². The van der Waals surface area contributed by atoms with Gasteiger partial charge in [-0.15, -0.1) is 0 Å². The van der Waals surface area contributed by atoms with Gasteiger partial charge in [0.2, 0.25) is 0 Å². The van der Waals surface area contributed by atoms with Crippen molar-refractivity contribution in [3.05, 3.63) is 0 Å². The molecule has 2 fully saturated rings. The van der Waals surface area contributed by atoms with E-state index in [2.05, 4.69) is 0 Å². The normalized spacial score (nSPS) is 34.2. The Kier molecular flexibility index (Phi) is 6.49. The standard InChI is InChI=1S/C13H22O4S2/c1-16-8-17-12-3-5-19-7-10(12)13(15)9-6-18-4-2-11(9)14/h9-10,12-13,15H,2-8H2,1H3/t9-,10+,12+,13-/m0/s1. The Bertz CT molecular complexity index is 300. The van der Waals surface area contributed by atoms with E-state index in [-0.39, 0.29) is 30.5 Å². The van der Waals surface area contributed by atoms with Crippen LogP contribution in [0.4, 0.5) is 0 Å². The Balaban J connectivity index is 1.97. The lowest BCUT2D eigenvalue weighted by molar-refractivity contribution is -0.133. The second kappa shape index (κ2) is 7.88. The van der Waals surface area contributed by atoms with Crippen LogP contribution in [0, 0.1) is 11.8 Å². The highest BCUT2D eigenvalue weighted by Crippen LogP contribution is 2.34. The van der Waals surface area contributed by atoms with Crippen molar-refractivity contribution in [1.82, 2.24) is 0 Å². The van der Waals surface area contributed by atoms with Gasteiger partial charge in [-0.1, -0.05) is 0 Å². The molecule has 2 saturated heterocycles. The summed E-state index contributed by atoms with van der Waals surface area (Å²) in [5, 5.41) is 10.6. The average Bonchev–Trinajstić information content (AvgIpc) is 2.45. The van der Waals surface area contributed by atoms with Gasteiger partial charge < -0.3 is 14.6 Å². The van der Waals surface area contributed by atoms with Crippen LogP contribution >= 0.6 is 23.5 Å². The number of thioether (sulfide) groups is 2. The zero-order chi connectivity index (χ0) is 13.7. The third-order valence-electron chi connectivity index (χ3n) is 3.79. The number of methoxy groups -OCH3 is 1. The van der Waals surface area contributed by atoms with Crippen molar-refractivity contribution in [2.24, 2.45) is 11.8 Å². The summed E-state index contributed by atoms with van der Waals surface area (Å²) in [5.41, 5.74) is 0. The summed E-state index contributed by atoms with van der Waals surface area (Å²) in [4.78, 5) is 12.0. The summed E-state index contributed by atoms with van der Waals surface area (Å²) in [6.45, 7) is 0.256. The van der Waals surface area contributed by atoms with E-state index in [9.17, 15) is 9.90 Å². The Morgan fingerprint density at radius 1 is 1.37 bits per heavy atom. The molecule has 2 rings (SSSR count). The number of hydrogen-bond donors (Lipinski definition) is 1. The summed E-state index contributed by atoms with van der Waals surface area (Å²) in [5.74, 6) is 3.60. The van der Waals surface area contributed by atoms with Crippen LogP contribution < -0.4 is 0 Å². The highest BCUT2D eigenvalue weighted by Gasteiger charge is 2.39. The van der Waals surface area contributed by atoms with E-state index in [1.54, 1.807) is 18.9 Å². The molecule has 0 spiro atoms. The molecule has 4 nitrogen and oxygen atoms in total. The van der Waals surface area contributed by atoms with E-state index in [1.165, 1.54) is 0 Å². The molecule has 0 bridgehead atoms. The Morgan fingerprint density at radius 3 is 2.89 bits per heavy atom. The first kappa shape index (κ1) is 15.6. The molecule has 1 N–H and O–H groups in total. The van der Waals surface area contributed by atoms with Gasteiger partial charge in [0.1, 0.15) is 12.6 Å². The van der Waals surface area contributed by atoms with Crippen LogP contribution in [0.25, 0.3) is 0 Å². The van der Waals surface area contributed by atoms with Crippen molar-refractivity contribution in [2.75, 3.05) is 36.9 Å². The van der Waals surface area contributed by atoms with Gasteiger partial charge in [-0.05, 0) is 12.2 Å². The molecular formula is C13H22O4S2. The van der Waals surface area contributed by atoms with E-state index in [0.717, 1.165) is 29.4 Å². The highest BCUT2D eigenvalue weighted by atomic mass is 32.2. The van der Waals surface area contributed by atoms with Gasteiger partial charge >= 0.3 is 0 Å². The average molecular weight is 306 g/mol. The Hall–Kier alpha value is 0.250. The molecule has 2 aliphatic rings. The Labute approximate surface area is 123 Å². The van der Waals surface area contributed by atoms with Crippen LogP contribution in [0.3, 0.4) is 0 Å². The summed E-state index contributed by atoms with van der Waals surface area (Å²) in [7, 11) is 1.60. The van der Waals surface area contributed by atoms with Crippen molar-refractivity contribution in [2.45, 2.75) is 25.0 Å². The molecule has 2 aliphatic heterocycles. The SMILES string of the molecule is COCO[C@@H]1CCSC[C@H]1[C@@H](O)[C@H]1CSCCC1=O. The second-order valence-corrected chi connectivity index (χ2v) is 7.33. The van der Waals surface area contributed by atoms with E-state index in [1.807, 2.05) is 11.8 Å². The first-order valence-corrected chi connectivity index (χ1v) is 9.01. The molecule has 0 unspecified atom stereocenters. The third-order valence-corrected chi connectivity index (χ3v) is 6.02. The minimum absolute atomic E-state index is 0.0101. The van der Waals surface area contributed by atoms with Gasteiger partial charge in [0.25, 0.3) is 0 Å². The van der Waals surface area contributed by atoms with Crippen LogP contribution in [-0.4, -0.2) is 60.0 Å². The first-order chi connectivity index (χ1) is 9.24. The van der Waals surface area contributed by atoms with Crippen LogP contribution in [0.2, 0.25) is 0 Å². The molecule has 6 heteroatoms. The zero-order valence-electron chi connectivity index (χ0n) is 11.2. The largest absolute Gasteiger partial charge is 0.392 e. The molecule has 0 aromatic carbocycles. The molecule has 0 radical (unpaired) electrons. The lowest BCUT2D eigenvalue weighted by Gasteiger charge is -2.37. The number of rotatable bonds is 5. The zero-order valence-corrected chi connectivity index (χ0v) is 12.9. The third kappa shape index (κ3) is 4.11. The fraction of sp³-hybridized carbons (Fsp3) is 0.923. The molecule has 0 aromatic rings. The molecular weight excluding hydrogens is 284 g/mol. The lowest BCUT2D eigenvalue weighted by atomic mass is 9.84. The minimum atomic E-state index is -0.574. The number of Topliss-reactive ketones (excluding diaryl/α,β-unsaturated/α-hetero) is 1. The van der Waals surface area contributed by atoms with E-state index < -0.39 is 6.10 Å². The number of carbonyl (C=O) groups is 1. The second-order valence-electron chi connectivity index (χ2n) is 5.03. The van der Waals surface area contributed by atoms with Crippen molar-refractivity contribution in [1.29, 1.82) is 0 Å². The van der Waals surface area contributed by atoms with E-state index in [4.69, 9.17) is 9.47 Å². The number of ether oxygens (including phenoxy) is 2. The predicted octanol–water partition coefficient (Wildman–Crippen LogP) is 1.41. The Morgan fingerprint density at radius 2 is 2.16 bits per heavy atom. The fourth-order valence-corrected chi connectivity index (χ4v) is 5.07. The topological polar surface area (TPSA) is 55.8 Å². The number of hydrogen-bond acceptors (Lipinski definition) is 6. The van der Waals surface area contributed by atoms with Crippen molar-refractivity contribution >= 4 is 29.3 Å². The van der Waals surface area contributed by atoms with Gasteiger partial charge in [0.15, 0.2) is 0 Å². The number of carbonyl (C=O) groups excluding carboxylic acids is 1. The highest BCUT2D eigenvalue weighted by molar-refractivity contribution is 7.99. The maximum absolute atomic E-state index is 12.0. The molecule has 0 amide bonds. The maximum atomic E-state index is 12.0. The van der Waals surface area contributed by atoms with Gasteiger partial charge in [0.05, 0.1) is 18.1 Å². The fourth-order valence-electron chi connectivity index (χ4n) is 2.67. The van der Waals surface area contributed by atoms with E-state index in [0.29, 0.717) is 6.42 Å². The number of ketones is 1. The first-order valence-electron chi connectivity index (χ1n) is 6.71. The monoisotopic (exact) mass is 306 g/mol. The lowest BCUT2D eigenvalue weighted by Crippen LogP contribution is -2.46. The molecule has 2 heterocycles. The van der Waals surface area contributed by atoms with Gasteiger partial charge in [-0.2, -0.15) is 23.5 Å². The molecule has 19 heavy (non-hydrogen) atoms. The molecule has 0 saturated carbocycles. The summed E-state index contributed by atoms with van der Waals surface area (Å²) in [6.07, 6.45) is 0.950. The molecule has 0 aromatic heterocycles. The smallest absolute Gasteiger partial charge is 0.146 e. The molecule has 0 aliphatic carbocycles. The maximum Gasteiger partial charge on any atom is 0.146 e. The minimum Gasteiger partial charge on any atom is -0.392 e. The van der Waals surface area contributed by atoms with Crippen molar-refractivity contribution in [3.63, 3.8) is 0 Å². The van der Waals surface area contributed by atoms with Crippen LogP contribution in [0.5, 0.6) is 0 Å². The van der Waals surface area contributed by atoms with Gasteiger partial charge in [0, 0.05) is 36.7 Å². The summed E-state index contributed by atoms with van der Waals surface area (Å²) in [6, 6.07) is 0. The van der Waals surface area contributed by atoms with Crippen LogP contribution in [0.15, 0.2) is 0 Å². The van der Waals surface area contributed by atoms with Crippen molar-refractivity contribution < 1.29 is 19.4 Å². The molecule has 4 atom stereocenters. The van der Waals surface area contributed by atoms with Gasteiger partial charge in [-0.25, -0.2) is 0 Å². The van der Waals surface area contributed by atoms with Crippen molar-refractivity contribution in [3.8, 4) is 0 Å². The number of aliphatic hydroxyl groups is 1. The quantitative estimate of drug-likeness (QED) is 0.775. The summed E-state index contributed by atoms with van der Waals surface area (Å²) >= 11 is 3.60. The summed E-state index contributed by atoms with van der Waals surface area (Å²) < 4.78 is 10.6. The van der Waals surface area contributed by atoms with Crippen LogP contribution in [0.1, 0.15) is 12.8 Å². The van der Waals surface area contributed by atoms with Crippen LogP contribution in [-0.2, 0) is 14.3 Å². The number of aliphatic hydroxyl groups excluding tert-OH is 1. The predicted molar refractivity (Wildman–Crippen MR) is 78.6 cm³/mol. The molecule has 110 valence electrons. The van der Waals surface area contributed by atoms with E-state index >= 15 is 0 Å².